The molecule has 126 valence electrons. The van der Waals surface area contributed by atoms with Gasteiger partial charge in [-0.15, -0.1) is 0 Å². The number of methoxy groups -OCH3 is 1. The van der Waals surface area contributed by atoms with E-state index in [2.05, 4.69) is 56.2 Å². The van der Waals surface area contributed by atoms with Crippen molar-refractivity contribution >= 4 is 11.9 Å². The Kier molecular flexibility index (Phi) is 5.93. The summed E-state index contributed by atoms with van der Waals surface area (Å²) in [7, 11) is 1.68. The van der Waals surface area contributed by atoms with Gasteiger partial charge in [-0.3, -0.25) is 4.90 Å². The van der Waals surface area contributed by atoms with E-state index in [1.807, 2.05) is 12.1 Å². The Bertz CT molecular complexity index is 651. The molecule has 0 unspecified atom stereocenters. The lowest BCUT2D eigenvalue weighted by atomic mass is 10.2. The summed E-state index contributed by atoms with van der Waals surface area (Å²) in [4.78, 5) is 13.4. The minimum absolute atomic E-state index is 0.528. The summed E-state index contributed by atoms with van der Waals surface area (Å²) in [5.41, 5.74) is 2.18. The van der Waals surface area contributed by atoms with Gasteiger partial charge >= 0.3 is 0 Å². The Labute approximate surface area is 143 Å². The van der Waals surface area contributed by atoms with Crippen LogP contribution in [0.3, 0.4) is 0 Å². The smallest absolute Gasteiger partial charge is 0.132 e. The van der Waals surface area contributed by atoms with Gasteiger partial charge in [0.2, 0.25) is 0 Å². The average Bonchev–Trinajstić information content (AvgIpc) is 2.64. The number of aromatic nitrogens is 2. The molecular formula is C19H24N4O. The standard InChI is InChI=1S/C19H24N4O/c1-24-15-18-14-19(21-16-20-18)23-12-10-22(11-13-23)9-5-8-17-6-3-2-4-7-17/h2-8,14,16H,9-13,15H2,1H3. The molecule has 3 rings (SSSR count). The summed E-state index contributed by atoms with van der Waals surface area (Å²) in [5, 5.41) is 0. The highest BCUT2D eigenvalue weighted by Gasteiger charge is 2.17. The molecule has 0 atom stereocenters. The van der Waals surface area contributed by atoms with Crippen molar-refractivity contribution in [3.63, 3.8) is 0 Å². The monoisotopic (exact) mass is 324 g/mol. The summed E-state index contributed by atoms with van der Waals surface area (Å²) < 4.78 is 5.14. The first-order valence-electron chi connectivity index (χ1n) is 8.34. The van der Waals surface area contributed by atoms with Crippen molar-refractivity contribution in [1.82, 2.24) is 14.9 Å². The topological polar surface area (TPSA) is 41.5 Å². The summed E-state index contributed by atoms with van der Waals surface area (Å²) in [5.74, 6) is 0.997. The van der Waals surface area contributed by atoms with E-state index < -0.39 is 0 Å². The minimum atomic E-state index is 0.528. The average molecular weight is 324 g/mol. The van der Waals surface area contributed by atoms with Crippen LogP contribution >= 0.6 is 0 Å². The lowest BCUT2D eigenvalue weighted by Gasteiger charge is -2.34. The molecule has 0 spiro atoms. The van der Waals surface area contributed by atoms with Crippen LogP contribution in [-0.4, -0.2) is 54.7 Å². The van der Waals surface area contributed by atoms with E-state index in [-0.39, 0.29) is 0 Å². The van der Waals surface area contributed by atoms with Gasteiger partial charge in [-0.2, -0.15) is 0 Å². The van der Waals surface area contributed by atoms with Crippen LogP contribution in [0.15, 0.2) is 48.8 Å². The highest BCUT2D eigenvalue weighted by Crippen LogP contribution is 2.14. The summed E-state index contributed by atoms with van der Waals surface area (Å²) >= 11 is 0. The second-order valence-electron chi connectivity index (χ2n) is 5.90. The van der Waals surface area contributed by atoms with Crippen molar-refractivity contribution in [3.8, 4) is 0 Å². The minimum Gasteiger partial charge on any atom is -0.378 e. The molecule has 0 saturated carbocycles. The number of hydrogen-bond acceptors (Lipinski definition) is 5. The Balaban J connectivity index is 1.49. The number of ether oxygens (including phenoxy) is 1. The van der Waals surface area contributed by atoms with Crippen molar-refractivity contribution in [3.05, 3.63) is 60.1 Å². The number of hydrogen-bond donors (Lipinski definition) is 0. The fourth-order valence-corrected chi connectivity index (χ4v) is 2.85. The zero-order valence-electron chi connectivity index (χ0n) is 14.1. The van der Waals surface area contributed by atoms with Gasteiger partial charge < -0.3 is 9.64 Å². The SMILES string of the molecule is COCc1cc(N2CCN(CC=Cc3ccccc3)CC2)ncn1. The van der Waals surface area contributed by atoms with Crippen LogP contribution in [0.4, 0.5) is 5.82 Å². The molecule has 0 aliphatic carbocycles. The molecule has 0 bridgehead atoms. The van der Waals surface area contributed by atoms with Gasteiger partial charge in [0.15, 0.2) is 0 Å². The van der Waals surface area contributed by atoms with Crippen molar-refractivity contribution in [2.45, 2.75) is 6.61 Å². The first-order chi connectivity index (χ1) is 11.8. The van der Waals surface area contributed by atoms with E-state index in [4.69, 9.17) is 4.74 Å². The molecule has 1 saturated heterocycles. The van der Waals surface area contributed by atoms with Crippen molar-refractivity contribution in [1.29, 1.82) is 0 Å². The maximum Gasteiger partial charge on any atom is 0.132 e. The van der Waals surface area contributed by atoms with Crippen molar-refractivity contribution in [2.24, 2.45) is 0 Å². The van der Waals surface area contributed by atoms with Crippen molar-refractivity contribution < 1.29 is 4.74 Å². The largest absolute Gasteiger partial charge is 0.378 e. The molecule has 0 amide bonds. The quantitative estimate of drug-likeness (QED) is 0.816. The summed E-state index contributed by atoms with van der Waals surface area (Å²) in [6.07, 6.45) is 6.05. The van der Waals surface area contributed by atoms with Gasteiger partial charge in [-0.25, -0.2) is 9.97 Å². The molecule has 0 radical (unpaired) electrons. The van der Waals surface area contributed by atoms with E-state index in [0.717, 1.165) is 44.2 Å². The van der Waals surface area contributed by atoms with Crippen molar-refractivity contribution in [2.75, 3.05) is 44.7 Å². The number of nitrogens with zero attached hydrogens (tertiary/aromatic N) is 4. The zero-order valence-corrected chi connectivity index (χ0v) is 14.1. The van der Waals surface area contributed by atoms with Gasteiger partial charge in [-0.05, 0) is 5.56 Å². The Morgan fingerprint density at radius 2 is 1.88 bits per heavy atom. The van der Waals surface area contributed by atoms with Crippen LogP contribution in [0.5, 0.6) is 0 Å². The molecule has 1 aliphatic rings. The van der Waals surface area contributed by atoms with Crippen LogP contribution in [0, 0.1) is 0 Å². The van der Waals surface area contributed by atoms with E-state index in [9.17, 15) is 0 Å². The second-order valence-corrected chi connectivity index (χ2v) is 5.90. The van der Waals surface area contributed by atoms with Gasteiger partial charge in [-0.1, -0.05) is 42.5 Å². The molecule has 2 aromatic rings. The van der Waals surface area contributed by atoms with E-state index in [1.54, 1.807) is 13.4 Å². The van der Waals surface area contributed by atoms with E-state index in [0.29, 0.717) is 6.61 Å². The molecule has 1 aliphatic heterocycles. The Hall–Kier alpha value is -2.24. The lowest BCUT2D eigenvalue weighted by Crippen LogP contribution is -2.46. The Morgan fingerprint density at radius 1 is 1.08 bits per heavy atom. The number of anilines is 1. The Morgan fingerprint density at radius 3 is 2.62 bits per heavy atom. The first-order valence-corrected chi connectivity index (χ1v) is 8.34. The normalized spacial score (nSPS) is 16.0. The van der Waals surface area contributed by atoms with Crippen LogP contribution < -0.4 is 4.90 Å². The number of rotatable bonds is 6. The molecule has 5 nitrogen and oxygen atoms in total. The van der Waals surface area contributed by atoms with Crippen LogP contribution in [0.1, 0.15) is 11.3 Å². The molecule has 0 N–H and O–H groups in total. The maximum atomic E-state index is 5.14. The van der Waals surface area contributed by atoms with Gasteiger partial charge in [0.05, 0.1) is 12.3 Å². The van der Waals surface area contributed by atoms with Gasteiger partial charge in [0, 0.05) is 45.9 Å². The number of benzene rings is 1. The lowest BCUT2D eigenvalue weighted by molar-refractivity contribution is 0.181. The highest BCUT2D eigenvalue weighted by molar-refractivity contribution is 5.48. The van der Waals surface area contributed by atoms with Crippen LogP contribution in [0.25, 0.3) is 6.08 Å². The van der Waals surface area contributed by atoms with E-state index in [1.165, 1.54) is 5.56 Å². The second kappa shape index (κ2) is 8.57. The molecule has 24 heavy (non-hydrogen) atoms. The highest BCUT2D eigenvalue weighted by atomic mass is 16.5. The fourth-order valence-electron chi connectivity index (χ4n) is 2.85. The predicted molar refractivity (Wildman–Crippen MR) is 96.9 cm³/mol. The molecule has 1 aromatic heterocycles. The molecular weight excluding hydrogens is 300 g/mol. The molecule has 1 aromatic carbocycles. The molecule has 5 heteroatoms. The van der Waals surface area contributed by atoms with Gasteiger partial charge in [0.1, 0.15) is 12.1 Å². The summed E-state index contributed by atoms with van der Waals surface area (Å²) in [6.45, 7) is 5.58. The molecule has 2 heterocycles. The zero-order chi connectivity index (χ0) is 16.6. The van der Waals surface area contributed by atoms with E-state index >= 15 is 0 Å². The third kappa shape index (κ3) is 4.63. The van der Waals surface area contributed by atoms with Crippen LogP contribution in [0.2, 0.25) is 0 Å². The van der Waals surface area contributed by atoms with Crippen LogP contribution in [-0.2, 0) is 11.3 Å². The maximum absolute atomic E-state index is 5.14. The number of piperazine rings is 1. The first kappa shape index (κ1) is 16.6. The summed E-state index contributed by atoms with van der Waals surface area (Å²) in [6, 6.07) is 12.5. The predicted octanol–water partition coefficient (Wildman–Crippen LogP) is 2.46. The fraction of sp³-hybridized carbons (Fsp3) is 0.368. The third-order valence-corrected chi connectivity index (χ3v) is 4.17. The van der Waals surface area contributed by atoms with Gasteiger partial charge in [0.25, 0.3) is 0 Å². The molecule has 1 fully saturated rings. The third-order valence-electron chi connectivity index (χ3n) is 4.17.